The highest BCUT2D eigenvalue weighted by atomic mass is 16.3. The molecule has 1 fully saturated rings. The lowest BCUT2D eigenvalue weighted by Gasteiger charge is -2.23. The zero-order valence-electron chi connectivity index (χ0n) is 9.39. The molecule has 1 aromatic carbocycles. The summed E-state index contributed by atoms with van der Waals surface area (Å²) in [6.45, 7) is 1.95. The molecule has 3 nitrogen and oxygen atoms in total. The maximum absolute atomic E-state index is 9.47. The molecule has 2 unspecified atom stereocenters. The van der Waals surface area contributed by atoms with Gasteiger partial charge in [0.2, 0.25) is 0 Å². The van der Waals surface area contributed by atoms with Crippen LogP contribution in [0.3, 0.4) is 0 Å². The molecule has 0 saturated carbocycles. The lowest BCUT2D eigenvalue weighted by molar-refractivity contribution is 0.0956. The normalized spacial score (nSPS) is 23.0. The van der Waals surface area contributed by atoms with Crippen LogP contribution < -0.4 is 5.32 Å². The number of aliphatic hydroxyl groups excluding tert-OH is 2. The van der Waals surface area contributed by atoms with Crippen molar-refractivity contribution < 1.29 is 10.2 Å². The van der Waals surface area contributed by atoms with Gasteiger partial charge in [-0.1, -0.05) is 24.3 Å². The van der Waals surface area contributed by atoms with Gasteiger partial charge in [0.15, 0.2) is 0 Å². The van der Waals surface area contributed by atoms with E-state index in [1.54, 1.807) is 0 Å². The Bertz CT molecular complexity index is 317. The lowest BCUT2D eigenvalue weighted by Crippen LogP contribution is -2.28. The third kappa shape index (κ3) is 2.61. The molecule has 88 valence electrons. The van der Waals surface area contributed by atoms with E-state index in [1.165, 1.54) is 18.4 Å². The molecule has 1 aromatic rings. The SMILES string of the molecule is OCC(O)c1ccc(C2CCCNC2)cc1. The van der Waals surface area contributed by atoms with E-state index in [0.29, 0.717) is 5.92 Å². The van der Waals surface area contributed by atoms with Gasteiger partial charge in [0.25, 0.3) is 0 Å². The van der Waals surface area contributed by atoms with E-state index in [1.807, 2.05) is 12.1 Å². The first-order valence-electron chi connectivity index (χ1n) is 5.90. The highest BCUT2D eigenvalue weighted by Gasteiger charge is 2.15. The summed E-state index contributed by atoms with van der Waals surface area (Å²) < 4.78 is 0. The van der Waals surface area contributed by atoms with E-state index in [4.69, 9.17) is 5.11 Å². The zero-order chi connectivity index (χ0) is 11.4. The Morgan fingerprint density at radius 2 is 2.06 bits per heavy atom. The van der Waals surface area contributed by atoms with Crippen molar-refractivity contribution >= 4 is 0 Å². The number of nitrogens with one attached hydrogen (secondary N) is 1. The van der Waals surface area contributed by atoms with Crippen molar-refractivity contribution in [3.63, 3.8) is 0 Å². The van der Waals surface area contributed by atoms with Gasteiger partial charge in [-0.25, -0.2) is 0 Å². The van der Waals surface area contributed by atoms with Crippen molar-refractivity contribution in [2.75, 3.05) is 19.7 Å². The zero-order valence-corrected chi connectivity index (χ0v) is 9.39. The molecule has 1 saturated heterocycles. The standard InChI is InChI=1S/C13H19NO2/c15-9-13(16)11-5-3-10(4-6-11)12-2-1-7-14-8-12/h3-6,12-16H,1-2,7-9H2. The first-order valence-corrected chi connectivity index (χ1v) is 5.90. The first kappa shape index (κ1) is 11.6. The Balaban J connectivity index is 2.06. The van der Waals surface area contributed by atoms with Crippen LogP contribution in [0.4, 0.5) is 0 Å². The van der Waals surface area contributed by atoms with Crippen molar-refractivity contribution in [1.82, 2.24) is 5.32 Å². The molecule has 3 heteroatoms. The number of rotatable bonds is 3. The summed E-state index contributed by atoms with van der Waals surface area (Å²) in [5, 5.41) is 21.7. The first-order chi connectivity index (χ1) is 7.81. The van der Waals surface area contributed by atoms with Crippen molar-refractivity contribution in [3.05, 3.63) is 35.4 Å². The fourth-order valence-electron chi connectivity index (χ4n) is 2.23. The molecule has 1 heterocycles. The van der Waals surface area contributed by atoms with Gasteiger partial charge < -0.3 is 15.5 Å². The minimum atomic E-state index is -0.751. The number of hydrogen-bond acceptors (Lipinski definition) is 3. The Morgan fingerprint density at radius 1 is 1.31 bits per heavy atom. The van der Waals surface area contributed by atoms with Gasteiger partial charge in [0, 0.05) is 6.54 Å². The summed E-state index contributed by atoms with van der Waals surface area (Å²) in [7, 11) is 0. The van der Waals surface area contributed by atoms with Crippen LogP contribution >= 0.6 is 0 Å². The van der Waals surface area contributed by atoms with E-state index >= 15 is 0 Å². The van der Waals surface area contributed by atoms with Crippen molar-refractivity contribution in [2.24, 2.45) is 0 Å². The van der Waals surface area contributed by atoms with Crippen molar-refractivity contribution in [1.29, 1.82) is 0 Å². The molecule has 16 heavy (non-hydrogen) atoms. The quantitative estimate of drug-likeness (QED) is 0.718. The van der Waals surface area contributed by atoms with E-state index in [2.05, 4.69) is 17.4 Å². The third-order valence-corrected chi connectivity index (χ3v) is 3.26. The number of aliphatic hydroxyl groups is 2. The van der Waals surface area contributed by atoms with Crippen molar-refractivity contribution in [2.45, 2.75) is 24.9 Å². The van der Waals surface area contributed by atoms with Gasteiger partial charge in [-0.05, 0) is 36.4 Å². The van der Waals surface area contributed by atoms with Gasteiger partial charge in [0.1, 0.15) is 6.10 Å². The third-order valence-electron chi connectivity index (χ3n) is 3.26. The highest BCUT2D eigenvalue weighted by Crippen LogP contribution is 2.24. The number of benzene rings is 1. The summed E-state index contributed by atoms with van der Waals surface area (Å²) in [4.78, 5) is 0. The summed E-state index contributed by atoms with van der Waals surface area (Å²) in [6.07, 6.45) is 1.71. The van der Waals surface area contributed by atoms with E-state index < -0.39 is 6.10 Å². The van der Waals surface area contributed by atoms with Crippen LogP contribution in [-0.2, 0) is 0 Å². The average molecular weight is 221 g/mol. The molecule has 1 aliphatic heterocycles. The van der Waals surface area contributed by atoms with Crippen LogP contribution in [0.15, 0.2) is 24.3 Å². The highest BCUT2D eigenvalue weighted by molar-refractivity contribution is 5.27. The molecule has 0 aromatic heterocycles. The van der Waals surface area contributed by atoms with Crippen LogP contribution in [0.1, 0.15) is 36.0 Å². The Labute approximate surface area is 96.1 Å². The second-order valence-corrected chi connectivity index (χ2v) is 4.41. The monoisotopic (exact) mass is 221 g/mol. The molecule has 0 radical (unpaired) electrons. The second-order valence-electron chi connectivity index (χ2n) is 4.41. The molecular formula is C13H19NO2. The maximum atomic E-state index is 9.47. The smallest absolute Gasteiger partial charge is 0.102 e. The summed E-state index contributed by atoms with van der Waals surface area (Å²) in [6, 6.07) is 7.94. The average Bonchev–Trinajstić information content (AvgIpc) is 2.39. The fourth-order valence-corrected chi connectivity index (χ4v) is 2.23. The van der Waals surface area contributed by atoms with Crippen molar-refractivity contribution in [3.8, 4) is 0 Å². The molecular weight excluding hydrogens is 202 g/mol. The largest absolute Gasteiger partial charge is 0.393 e. The van der Waals surface area contributed by atoms with E-state index in [-0.39, 0.29) is 6.61 Å². The Kier molecular flexibility index (Phi) is 3.93. The van der Waals surface area contributed by atoms with Crippen LogP contribution in [0.25, 0.3) is 0 Å². The van der Waals surface area contributed by atoms with E-state index in [0.717, 1.165) is 18.7 Å². The molecule has 2 atom stereocenters. The van der Waals surface area contributed by atoms with Crippen LogP contribution in [0.5, 0.6) is 0 Å². The van der Waals surface area contributed by atoms with Gasteiger partial charge in [-0.2, -0.15) is 0 Å². The molecule has 3 N–H and O–H groups in total. The lowest BCUT2D eigenvalue weighted by atomic mass is 9.91. The molecule has 0 spiro atoms. The predicted molar refractivity (Wildman–Crippen MR) is 63.3 cm³/mol. The summed E-state index contributed by atoms with van der Waals surface area (Å²) >= 11 is 0. The molecule has 1 aliphatic rings. The summed E-state index contributed by atoms with van der Waals surface area (Å²) in [5.41, 5.74) is 2.11. The Morgan fingerprint density at radius 3 is 2.62 bits per heavy atom. The van der Waals surface area contributed by atoms with Gasteiger partial charge in [-0.15, -0.1) is 0 Å². The molecule has 0 bridgehead atoms. The number of piperidine rings is 1. The second kappa shape index (κ2) is 5.43. The van der Waals surface area contributed by atoms with Gasteiger partial charge >= 0.3 is 0 Å². The van der Waals surface area contributed by atoms with E-state index in [9.17, 15) is 5.11 Å². The van der Waals surface area contributed by atoms with Crippen LogP contribution in [0.2, 0.25) is 0 Å². The van der Waals surface area contributed by atoms with Crippen LogP contribution in [-0.4, -0.2) is 29.9 Å². The molecule has 0 amide bonds. The summed E-state index contributed by atoms with van der Waals surface area (Å²) in [5.74, 6) is 0.592. The molecule has 0 aliphatic carbocycles. The molecule has 2 rings (SSSR count). The minimum Gasteiger partial charge on any atom is -0.393 e. The van der Waals surface area contributed by atoms with Gasteiger partial charge in [-0.3, -0.25) is 0 Å². The number of hydrogen-bond donors (Lipinski definition) is 3. The maximum Gasteiger partial charge on any atom is 0.102 e. The minimum absolute atomic E-state index is 0.218. The van der Waals surface area contributed by atoms with Crippen LogP contribution in [0, 0.1) is 0 Å². The topological polar surface area (TPSA) is 52.5 Å². The predicted octanol–water partition coefficient (Wildman–Crippen LogP) is 1.18. The fraction of sp³-hybridized carbons (Fsp3) is 0.538. The van der Waals surface area contributed by atoms with Gasteiger partial charge in [0.05, 0.1) is 6.61 Å². The Hall–Kier alpha value is -0.900.